The number of benzene rings is 2. The summed E-state index contributed by atoms with van der Waals surface area (Å²) in [5, 5.41) is 13.2. The number of carbonyl (C=O) groups is 3. The molecular formula is C25H25N3O7. The molecule has 0 unspecified atom stereocenters. The van der Waals surface area contributed by atoms with Gasteiger partial charge in [0.25, 0.3) is 11.6 Å². The second-order valence-corrected chi connectivity index (χ2v) is 7.62. The first-order valence-electron chi connectivity index (χ1n) is 10.8. The number of esters is 1. The van der Waals surface area contributed by atoms with Gasteiger partial charge in [0.2, 0.25) is 5.78 Å². The fourth-order valence-corrected chi connectivity index (χ4v) is 3.59. The van der Waals surface area contributed by atoms with Crippen molar-refractivity contribution >= 4 is 23.3 Å². The van der Waals surface area contributed by atoms with Crippen molar-refractivity contribution < 1.29 is 28.8 Å². The molecular weight excluding hydrogens is 454 g/mol. The van der Waals surface area contributed by atoms with Gasteiger partial charge in [-0.3, -0.25) is 24.5 Å². The standard InChI is InChI=1S/C25H25N3O7/c1-4-34-21-10-8-19(9-11-21)27-16(2)12-22(17(27)3)23(29)15-35-24(30)14-26-25(31)18-6-5-7-20(13-18)28(32)33/h5-13H,4,14-15H2,1-3H3,(H,26,31). The van der Waals surface area contributed by atoms with Crippen LogP contribution in [0, 0.1) is 24.0 Å². The second-order valence-electron chi connectivity index (χ2n) is 7.62. The Labute approximate surface area is 201 Å². The smallest absolute Gasteiger partial charge is 0.325 e. The molecule has 0 saturated carbocycles. The molecule has 3 aromatic rings. The van der Waals surface area contributed by atoms with Crippen LogP contribution in [0.25, 0.3) is 5.69 Å². The normalized spacial score (nSPS) is 10.5. The highest BCUT2D eigenvalue weighted by Gasteiger charge is 2.19. The van der Waals surface area contributed by atoms with Gasteiger partial charge in [-0.15, -0.1) is 0 Å². The summed E-state index contributed by atoms with van der Waals surface area (Å²) in [6, 6.07) is 14.3. The van der Waals surface area contributed by atoms with Crippen LogP contribution in [0.5, 0.6) is 5.75 Å². The van der Waals surface area contributed by atoms with Crippen LogP contribution in [-0.2, 0) is 9.53 Å². The molecule has 0 bridgehead atoms. The van der Waals surface area contributed by atoms with Crippen molar-refractivity contribution in [2.24, 2.45) is 0 Å². The summed E-state index contributed by atoms with van der Waals surface area (Å²) >= 11 is 0. The van der Waals surface area contributed by atoms with Crippen molar-refractivity contribution in [3.8, 4) is 11.4 Å². The van der Waals surface area contributed by atoms with Gasteiger partial charge in [-0.05, 0) is 57.2 Å². The molecule has 1 heterocycles. The summed E-state index contributed by atoms with van der Waals surface area (Å²) in [6.45, 7) is 5.17. The number of carbonyl (C=O) groups excluding carboxylic acids is 3. The lowest BCUT2D eigenvalue weighted by molar-refractivity contribution is -0.384. The number of aromatic nitrogens is 1. The third-order valence-corrected chi connectivity index (χ3v) is 5.21. The summed E-state index contributed by atoms with van der Waals surface area (Å²) < 4.78 is 12.4. The summed E-state index contributed by atoms with van der Waals surface area (Å²) in [6.07, 6.45) is 0. The van der Waals surface area contributed by atoms with Gasteiger partial charge < -0.3 is 19.4 Å². The lowest BCUT2D eigenvalue weighted by atomic mass is 10.1. The Hall–Kier alpha value is -4.47. The summed E-state index contributed by atoms with van der Waals surface area (Å²) in [5.41, 5.74) is 2.61. The molecule has 1 N–H and O–H groups in total. The van der Waals surface area contributed by atoms with Gasteiger partial charge in [-0.1, -0.05) is 6.07 Å². The molecule has 0 saturated heterocycles. The van der Waals surface area contributed by atoms with Gasteiger partial charge in [0.15, 0.2) is 6.61 Å². The van der Waals surface area contributed by atoms with Crippen molar-refractivity contribution in [3.05, 3.63) is 87.2 Å². The van der Waals surface area contributed by atoms with Gasteiger partial charge in [0.05, 0.1) is 11.5 Å². The molecule has 0 aliphatic rings. The van der Waals surface area contributed by atoms with Crippen LogP contribution >= 0.6 is 0 Å². The topological polar surface area (TPSA) is 130 Å². The van der Waals surface area contributed by atoms with Crippen LogP contribution in [0.15, 0.2) is 54.6 Å². The highest BCUT2D eigenvalue weighted by atomic mass is 16.6. The highest BCUT2D eigenvalue weighted by Crippen LogP contribution is 2.23. The Kier molecular flexibility index (Phi) is 7.98. The van der Waals surface area contributed by atoms with Gasteiger partial charge >= 0.3 is 5.97 Å². The first-order valence-corrected chi connectivity index (χ1v) is 10.8. The molecule has 0 fully saturated rings. The van der Waals surface area contributed by atoms with Crippen molar-refractivity contribution in [3.63, 3.8) is 0 Å². The van der Waals surface area contributed by atoms with Crippen LogP contribution in [0.2, 0.25) is 0 Å². The van der Waals surface area contributed by atoms with Crippen LogP contribution < -0.4 is 10.1 Å². The van der Waals surface area contributed by atoms with Gasteiger partial charge in [0, 0.05) is 40.3 Å². The molecule has 182 valence electrons. The number of nitro benzene ring substituents is 1. The number of amides is 1. The molecule has 1 aromatic heterocycles. The number of nitro groups is 1. The average Bonchev–Trinajstić information content (AvgIpc) is 3.15. The van der Waals surface area contributed by atoms with E-state index < -0.39 is 30.0 Å². The SMILES string of the molecule is CCOc1ccc(-n2c(C)cc(C(=O)COC(=O)CNC(=O)c3cccc([N+](=O)[O-])c3)c2C)cc1. The number of nitrogens with one attached hydrogen (secondary N) is 1. The Balaban J connectivity index is 1.58. The van der Waals surface area contributed by atoms with Gasteiger partial charge in [0.1, 0.15) is 12.3 Å². The predicted octanol–water partition coefficient (Wildman–Crippen LogP) is 3.56. The molecule has 35 heavy (non-hydrogen) atoms. The Bertz CT molecular complexity index is 1260. The monoisotopic (exact) mass is 479 g/mol. The van der Waals surface area contributed by atoms with E-state index in [-0.39, 0.29) is 17.0 Å². The molecule has 2 aromatic carbocycles. The number of hydrogen-bond acceptors (Lipinski definition) is 7. The van der Waals surface area contributed by atoms with Crippen LogP contribution in [0.4, 0.5) is 5.69 Å². The fourth-order valence-electron chi connectivity index (χ4n) is 3.59. The lowest BCUT2D eigenvalue weighted by Gasteiger charge is -2.11. The number of ether oxygens (including phenoxy) is 2. The summed E-state index contributed by atoms with van der Waals surface area (Å²) in [7, 11) is 0. The van der Waals surface area contributed by atoms with E-state index in [1.807, 2.05) is 42.7 Å². The quantitative estimate of drug-likeness (QED) is 0.204. The number of Topliss-reactive ketones (excluding diaryl/α,β-unsaturated/α-hetero) is 1. The van der Waals surface area contributed by atoms with E-state index in [0.29, 0.717) is 17.9 Å². The van der Waals surface area contributed by atoms with E-state index >= 15 is 0 Å². The highest BCUT2D eigenvalue weighted by molar-refractivity contribution is 6.00. The summed E-state index contributed by atoms with van der Waals surface area (Å²) in [4.78, 5) is 47.1. The van der Waals surface area contributed by atoms with E-state index in [9.17, 15) is 24.5 Å². The number of ketones is 1. The Morgan fingerprint density at radius 1 is 1.06 bits per heavy atom. The molecule has 0 atom stereocenters. The minimum absolute atomic E-state index is 0.0322. The number of nitrogens with zero attached hydrogens (tertiary/aromatic N) is 2. The van der Waals surface area contributed by atoms with Crippen LogP contribution in [-0.4, -0.2) is 46.9 Å². The number of hydrogen-bond donors (Lipinski definition) is 1. The first kappa shape index (κ1) is 25.2. The number of rotatable bonds is 10. The zero-order valence-corrected chi connectivity index (χ0v) is 19.6. The predicted molar refractivity (Wildman–Crippen MR) is 127 cm³/mol. The molecule has 0 aliphatic carbocycles. The maximum Gasteiger partial charge on any atom is 0.325 e. The molecule has 0 radical (unpaired) electrons. The van der Waals surface area contributed by atoms with E-state index in [1.165, 1.54) is 18.2 Å². The minimum atomic E-state index is -0.808. The van der Waals surface area contributed by atoms with E-state index in [2.05, 4.69) is 5.32 Å². The van der Waals surface area contributed by atoms with Crippen molar-refractivity contribution in [2.75, 3.05) is 19.8 Å². The van der Waals surface area contributed by atoms with E-state index in [1.54, 1.807) is 13.0 Å². The number of aryl methyl sites for hydroxylation is 1. The fraction of sp³-hybridized carbons (Fsp3) is 0.240. The molecule has 0 aliphatic heterocycles. The van der Waals surface area contributed by atoms with Crippen molar-refractivity contribution in [1.29, 1.82) is 0 Å². The minimum Gasteiger partial charge on any atom is -0.494 e. The zero-order chi connectivity index (χ0) is 25.5. The Morgan fingerprint density at radius 3 is 2.43 bits per heavy atom. The van der Waals surface area contributed by atoms with Gasteiger partial charge in [-0.2, -0.15) is 0 Å². The largest absolute Gasteiger partial charge is 0.494 e. The second kappa shape index (κ2) is 11.1. The maximum atomic E-state index is 12.7. The first-order chi connectivity index (χ1) is 16.7. The van der Waals surface area contributed by atoms with Crippen LogP contribution in [0.3, 0.4) is 0 Å². The third kappa shape index (κ3) is 6.11. The maximum absolute atomic E-state index is 12.7. The summed E-state index contributed by atoms with van der Waals surface area (Å²) in [5.74, 6) is -1.11. The Morgan fingerprint density at radius 2 is 1.77 bits per heavy atom. The molecule has 10 heteroatoms. The molecule has 10 nitrogen and oxygen atoms in total. The zero-order valence-electron chi connectivity index (χ0n) is 19.6. The molecule has 3 rings (SSSR count). The average molecular weight is 479 g/mol. The van der Waals surface area contributed by atoms with Crippen LogP contribution in [0.1, 0.15) is 39.0 Å². The molecule has 1 amide bonds. The van der Waals surface area contributed by atoms with Crippen molar-refractivity contribution in [2.45, 2.75) is 20.8 Å². The van der Waals surface area contributed by atoms with Crippen molar-refractivity contribution in [1.82, 2.24) is 9.88 Å². The molecule has 0 spiro atoms. The van der Waals surface area contributed by atoms with Gasteiger partial charge in [-0.25, -0.2) is 0 Å². The lowest BCUT2D eigenvalue weighted by Crippen LogP contribution is -2.31. The van der Waals surface area contributed by atoms with E-state index in [4.69, 9.17) is 9.47 Å². The number of non-ortho nitro benzene ring substituents is 1. The third-order valence-electron chi connectivity index (χ3n) is 5.21. The van der Waals surface area contributed by atoms with E-state index in [0.717, 1.165) is 23.2 Å².